The summed E-state index contributed by atoms with van der Waals surface area (Å²) in [6.45, 7) is -0.366. The maximum atomic E-state index is 13.2. The fourth-order valence-electron chi connectivity index (χ4n) is 3.72. The van der Waals surface area contributed by atoms with Crippen LogP contribution >= 0.6 is 0 Å². The molecule has 0 saturated carbocycles. The minimum absolute atomic E-state index is 0.140. The summed E-state index contributed by atoms with van der Waals surface area (Å²) in [5.41, 5.74) is 0.829. The molecule has 1 fully saturated rings. The van der Waals surface area contributed by atoms with Gasteiger partial charge < -0.3 is 19.5 Å². The molecule has 1 saturated heterocycles. The lowest BCUT2D eigenvalue weighted by Crippen LogP contribution is -2.54. The number of methoxy groups -OCH3 is 2. The Balaban J connectivity index is 1.54. The molecule has 0 aromatic heterocycles. The fourth-order valence-corrected chi connectivity index (χ4v) is 3.72. The van der Waals surface area contributed by atoms with Crippen LogP contribution in [0.15, 0.2) is 78.4 Å². The van der Waals surface area contributed by atoms with Crippen molar-refractivity contribution in [2.24, 2.45) is 0 Å². The summed E-state index contributed by atoms with van der Waals surface area (Å²) >= 11 is 0. The zero-order chi connectivity index (χ0) is 27.9. The van der Waals surface area contributed by atoms with Crippen molar-refractivity contribution in [2.45, 2.75) is 0 Å². The molecule has 5 amide bonds. The third-order valence-electron chi connectivity index (χ3n) is 5.61. The van der Waals surface area contributed by atoms with Gasteiger partial charge in [0.1, 0.15) is 17.1 Å². The molecule has 0 spiro atoms. The molecule has 4 rings (SSSR count). The highest BCUT2D eigenvalue weighted by atomic mass is 16.5. The van der Waals surface area contributed by atoms with Crippen LogP contribution in [0, 0.1) is 0 Å². The fraction of sp³-hybridized carbons (Fsp3) is 0.107. The first-order valence-corrected chi connectivity index (χ1v) is 11.6. The molecule has 0 atom stereocenters. The van der Waals surface area contributed by atoms with Gasteiger partial charge in [-0.15, -0.1) is 0 Å². The SMILES string of the molecule is COC(=O)c1ccc(N2C(=O)NC(=O)/C(=C/c3ccccc3OCC(=O)Nc3ccccc3OC)C2=O)cc1. The van der Waals surface area contributed by atoms with Gasteiger partial charge in [0.15, 0.2) is 6.61 Å². The monoisotopic (exact) mass is 529 g/mol. The normalized spacial score (nSPS) is 14.1. The zero-order valence-corrected chi connectivity index (χ0v) is 20.9. The lowest BCUT2D eigenvalue weighted by atomic mass is 10.1. The number of carbonyl (C=O) groups is 5. The first-order valence-electron chi connectivity index (χ1n) is 11.6. The summed E-state index contributed by atoms with van der Waals surface area (Å²) in [6.07, 6.45) is 1.27. The number of esters is 1. The van der Waals surface area contributed by atoms with E-state index in [1.807, 2.05) is 0 Å². The van der Waals surface area contributed by atoms with Gasteiger partial charge in [0, 0.05) is 5.56 Å². The van der Waals surface area contributed by atoms with Crippen molar-refractivity contribution in [3.63, 3.8) is 0 Å². The highest BCUT2D eigenvalue weighted by Gasteiger charge is 2.37. The number of hydrogen-bond donors (Lipinski definition) is 2. The molecule has 3 aromatic carbocycles. The van der Waals surface area contributed by atoms with E-state index in [4.69, 9.17) is 9.47 Å². The Morgan fingerprint density at radius 3 is 2.26 bits per heavy atom. The standard InChI is InChI=1S/C28H23N3O8/c1-37-23-10-6-4-8-21(23)29-24(32)16-39-22-9-5-3-7-18(22)15-20-25(33)30-28(36)31(26(20)34)19-13-11-17(12-14-19)27(35)38-2/h3-15H,16H2,1-2H3,(H,29,32)(H,30,33,36)/b20-15-. The number of barbiturate groups is 1. The van der Waals surface area contributed by atoms with Crippen molar-refractivity contribution < 1.29 is 38.2 Å². The summed E-state index contributed by atoms with van der Waals surface area (Å²) in [6, 6.07) is 18.0. The number of nitrogens with zero attached hydrogens (tertiary/aromatic N) is 1. The number of hydrogen-bond acceptors (Lipinski definition) is 8. The molecule has 11 heteroatoms. The smallest absolute Gasteiger partial charge is 0.337 e. The van der Waals surface area contributed by atoms with E-state index in [1.54, 1.807) is 48.5 Å². The van der Waals surface area contributed by atoms with Crippen molar-refractivity contribution in [1.82, 2.24) is 5.32 Å². The van der Waals surface area contributed by atoms with E-state index in [1.165, 1.54) is 44.6 Å². The van der Waals surface area contributed by atoms with E-state index in [0.717, 1.165) is 4.90 Å². The van der Waals surface area contributed by atoms with Crippen LogP contribution in [0.5, 0.6) is 11.5 Å². The van der Waals surface area contributed by atoms with E-state index >= 15 is 0 Å². The van der Waals surface area contributed by atoms with Gasteiger partial charge in [-0.25, -0.2) is 14.5 Å². The van der Waals surface area contributed by atoms with E-state index in [9.17, 15) is 24.0 Å². The van der Waals surface area contributed by atoms with Crippen molar-refractivity contribution in [3.05, 3.63) is 89.5 Å². The zero-order valence-electron chi connectivity index (χ0n) is 20.9. The summed E-state index contributed by atoms with van der Waals surface area (Å²) in [5, 5.41) is 4.83. The lowest BCUT2D eigenvalue weighted by Gasteiger charge is -2.26. The van der Waals surface area contributed by atoms with Crippen molar-refractivity contribution in [1.29, 1.82) is 0 Å². The Morgan fingerprint density at radius 1 is 0.897 bits per heavy atom. The van der Waals surface area contributed by atoms with Gasteiger partial charge in [0.05, 0.1) is 31.2 Å². The number of urea groups is 1. The molecule has 11 nitrogen and oxygen atoms in total. The number of rotatable bonds is 8. The minimum Gasteiger partial charge on any atom is -0.495 e. The average molecular weight is 530 g/mol. The molecule has 2 N–H and O–H groups in total. The number of carbonyl (C=O) groups excluding carboxylic acids is 5. The van der Waals surface area contributed by atoms with E-state index < -0.39 is 29.7 Å². The maximum Gasteiger partial charge on any atom is 0.337 e. The second-order valence-corrected chi connectivity index (χ2v) is 8.07. The number of imide groups is 2. The second kappa shape index (κ2) is 11.7. The summed E-state index contributed by atoms with van der Waals surface area (Å²) in [4.78, 5) is 63.3. The molecule has 1 aliphatic rings. The quantitative estimate of drug-likeness (QED) is 0.258. The maximum absolute atomic E-state index is 13.2. The van der Waals surface area contributed by atoms with Gasteiger partial charge in [0.25, 0.3) is 17.7 Å². The Labute approximate surface area is 223 Å². The number of amides is 5. The lowest BCUT2D eigenvalue weighted by molar-refractivity contribution is -0.122. The van der Waals surface area contributed by atoms with Crippen LogP contribution < -0.4 is 25.0 Å². The molecule has 0 bridgehead atoms. The van der Waals surface area contributed by atoms with E-state index in [0.29, 0.717) is 17.0 Å². The molecule has 1 heterocycles. The van der Waals surface area contributed by atoms with Crippen LogP contribution in [0.1, 0.15) is 15.9 Å². The molecule has 3 aromatic rings. The Morgan fingerprint density at radius 2 is 1.56 bits per heavy atom. The Hall–Kier alpha value is -5.45. The van der Waals surface area contributed by atoms with Gasteiger partial charge in [-0.3, -0.25) is 19.7 Å². The highest BCUT2D eigenvalue weighted by Crippen LogP contribution is 2.26. The van der Waals surface area contributed by atoms with E-state index in [-0.39, 0.29) is 29.2 Å². The van der Waals surface area contributed by atoms with Crippen molar-refractivity contribution in [2.75, 3.05) is 31.0 Å². The largest absolute Gasteiger partial charge is 0.495 e. The number of ether oxygens (including phenoxy) is 3. The second-order valence-electron chi connectivity index (χ2n) is 8.07. The van der Waals surface area contributed by atoms with Crippen molar-refractivity contribution in [3.8, 4) is 11.5 Å². The molecule has 1 aliphatic heterocycles. The molecular formula is C28H23N3O8. The van der Waals surface area contributed by atoms with Crippen LogP contribution in [-0.4, -0.2) is 50.5 Å². The van der Waals surface area contributed by atoms with Crippen LogP contribution in [0.2, 0.25) is 0 Å². The van der Waals surface area contributed by atoms with Crippen LogP contribution in [0.3, 0.4) is 0 Å². The number of para-hydroxylation sites is 3. The van der Waals surface area contributed by atoms with Gasteiger partial charge in [-0.05, 0) is 48.5 Å². The predicted molar refractivity (Wildman–Crippen MR) is 140 cm³/mol. The third-order valence-corrected chi connectivity index (χ3v) is 5.61. The summed E-state index contributed by atoms with van der Waals surface area (Å²) in [7, 11) is 2.72. The van der Waals surface area contributed by atoms with Crippen LogP contribution in [0.4, 0.5) is 16.2 Å². The number of benzene rings is 3. The van der Waals surface area contributed by atoms with Gasteiger partial charge in [-0.1, -0.05) is 30.3 Å². The molecule has 0 unspecified atom stereocenters. The van der Waals surface area contributed by atoms with E-state index in [2.05, 4.69) is 15.4 Å². The van der Waals surface area contributed by atoms with Gasteiger partial charge >= 0.3 is 12.0 Å². The first-order chi connectivity index (χ1) is 18.8. The predicted octanol–water partition coefficient (Wildman–Crippen LogP) is 3.17. The Kier molecular flexibility index (Phi) is 8.00. The minimum atomic E-state index is -0.939. The topological polar surface area (TPSA) is 140 Å². The first kappa shape index (κ1) is 26.6. The summed E-state index contributed by atoms with van der Waals surface area (Å²) in [5.74, 6) is -2.10. The molecule has 39 heavy (non-hydrogen) atoms. The molecular weight excluding hydrogens is 506 g/mol. The van der Waals surface area contributed by atoms with Crippen LogP contribution in [-0.2, 0) is 19.1 Å². The van der Waals surface area contributed by atoms with Crippen molar-refractivity contribution >= 4 is 47.2 Å². The molecule has 0 aliphatic carbocycles. The van der Waals surface area contributed by atoms with Gasteiger partial charge in [0.2, 0.25) is 0 Å². The molecule has 0 radical (unpaired) electrons. The number of nitrogens with one attached hydrogen (secondary N) is 2. The Bertz CT molecular complexity index is 1480. The summed E-state index contributed by atoms with van der Waals surface area (Å²) < 4.78 is 15.5. The third kappa shape index (κ3) is 5.93. The van der Waals surface area contributed by atoms with Gasteiger partial charge in [-0.2, -0.15) is 0 Å². The molecule has 198 valence electrons. The van der Waals surface area contributed by atoms with Crippen LogP contribution in [0.25, 0.3) is 6.08 Å². The average Bonchev–Trinajstić information content (AvgIpc) is 2.94. The number of anilines is 2. The highest BCUT2D eigenvalue weighted by molar-refractivity contribution is 6.39.